The summed E-state index contributed by atoms with van der Waals surface area (Å²) in [5, 5.41) is 8.73. The first-order valence-corrected chi connectivity index (χ1v) is 4.08. The Morgan fingerprint density at radius 3 is 3.00 bits per heavy atom. The minimum atomic E-state index is 0.0377. The van der Waals surface area contributed by atoms with Crippen LogP contribution in [0.1, 0.15) is 19.0 Å². The van der Waals surface area contributed by atoms with Gasteiger partial charge >= 0.3 is 0 Å². The molecule has 1 aliphatic carbocycles. The van der Waals surface area contributed by atoms with Gasteiger partial charge in [0, 0.05) is 17.3 Å². The third-order valence-electron chi connectivity index (χ3n) is 2.64. The molecule has 2 rings (SSSR count). The Balaban J connectivity index is 2.30. The highest BCUT2D eigenvalue weighted by Gasteiger charge is 2.52. The summed E-state index contributed by atoms with van der Waals surface area (Å²) in [6.45, 7) is 2.10. The average molecular weight is 158 g/mol. The molecule has 1 heterocycles. The fourth-order valence-electron chi connectivity index (χ4n) is 1.54. The molecular weight excluding hydrogens is 148 g/mol. The van der Waals surface area contributed by atoms with Crippen molar-refractivity contribution in [2.45, 2.75) is 18.8 Å². The molecule has 0 saturated heterocycles. The van der Waals surface area contributed by atoms with E-state index in [1.165, 1.54) is 0 Å². The lowest BCUT2D eigenvalue weighted by Gasteiger charge is -2.06. The van der Waals surface area contributed by atoms with Gasteiger partial charge in [0.2, 0.25) is 0 Å². The van der Waals surface area contributed by atoms with Crippen molar-refractivity contribution in [3.63, 3.8) is 0 Å². The van der Waals surface area contributed by atoms with Crippen molar-refractivity contribution in [1.82, 2.24) is 4.98 Å². The smallest absolute Gasteiger partial charge is 0.0666 e. The second-order valence-electron chi connectivity index (χ2n) is 3.52. The van der Waals surface area contributed by atoms with Crippen molar-refractivity contribution < 1.29 is 0 Å². The van der Waals surface area contributed by atoms with Gasteiger partial charge in [0.15, 0.2) is 0 Å². The molecular formula is C10H10N2. The predicted octanol–water partition coefficient (Wildman–Crippen LogP) is 1.88. The summed E-state index contributed by atoms with van der Waals surface area (Å²) in [5.74, 6) is 0.174. The third kappa shape index (κ3) is 0.902. The van der Waals surface area contributed by atoms with Gasteiger partial charge in [-0.2, -0.15) is 5.26 Å². The maximum Gasteiger partial charge on any atom is 0.0666 e. The lowest BCUT2D eigenvalue weighted by atomic mass is 10.0. The van der Waals surface area contributed by atoms with E-state index >= 15 is 0 Å². The van der Waals surface area contributed by atoms with E-state index in [0.29, 0.717) is 0 Å². The topological polar surface area (TPSA) is 36.7 Å². The molecule has 12 heavy (non-hydrogen) atoms. The Hall–Kier alpha value is -1.36. The highest BCUT2D eigenvalue weighted by Crippen LogP contribution is 2.52. The number of nitriles is 1. The largest absolute Gasteiger partial charge is 0.261 e. The molecule has 2 atom stereocenters. The van der Waals surface area contributed by atoms with Gasteiger partial charge in [0.25, 0.3) is 0 Å². The molecule has 2 nitrogen and oxygen atoms in total. The lowest BCUT2D eigenvalue weighted by molar-refractivity contribution is 0.710. The Kier molecular flexibility index (Phi) is 1.41. The van der Waals surface area contributed by atoms with Crippen molar-refractivity contribution in [3.05, 3.63) is 30.1 Å². The summed E-state index contributed by atoms with van der Waals surface area (Å²) in [6.07, 6.45) is 2.74. The van der Waals surface area contributed by atoms with E-state index in [0.717, 1.165) is 12.1 Å². The molecule has 1 aliphatic rings. The van der Waals surface area contributed by atoms with Crippen molar-refractivity contribution in [2.75, 3.05) is 0 Å². The maximum absolute atomic E-state index is 8.73. The van der Waals surface area contributed by atoms with Crippen LogP contribution in [0.5, 0.6) is 0 Å². The molecule has 1 aromatic heterocycles. The zero-order chi connectivity index (χ0) is 8.60. The van der Waals surface area contributed by atoms with E-state index < -0.39 is 0 Å². The molecule has 0 N–H and O–H groups in total. The van der Waals surface area contributed by atoms with Crippen LogP contribution in [0.4, 0.5) is 0 Å². The van der Waals surface area contributed by atoms with Gasteiger partial charge in [-0.25, -0.2) is 0 Å². The van der Waals surface area contributed by atoms with E-state index in [-0.39, 0.29) is 11.3 Å². The van der Waals surface area contributed by atoms with Crippen molar-refractivity contribution in [3.8, 4) is 6.07 Å². The Labute approximate surface area is 71.9 Å². The van der Waals surface area contributed by atoms with Crippen LogP contribution in [-0.2, 0) is 5.41 Å². The highest BCUT2D eigenvalue weighted by atomic mass is 14.7. The molecule has 0 bridgehead atoms. The Morgan fingerprint density at radius 1 is 1.67 bits per heavy atom. The van der Waals surface area contributed by atoms with Crippen LogP contribution in [0.2, 0.25) is 0 Å². The third-order valence-corrected chi connectivity index (χ3v) is 2.64. The fraction of sp³-hybridized carbons (Fsp3) is 0.400. The highest BCUT2D eigenvalue weighted by molar-refractivity contribution is 5.30. The molecule has 60 valence electrons. The van der Waals surface area contributed by atoms with E-state index in [1.807, 2.05) is 18.2 Å². The summed E-state index contributed by atoms with van der Waals surface area (Å²) in [7, 11) is 0. The van der Waals surface area contributed by atoms with Gasteiger partial charge in [0.1, 0.15) is 0 Å². The van der Waals surface area contributed by atoms with Crippen LogP contribution in [0, 0.1) is 17.2 Å². The second kappa shape index (κ2) is 2.31. The van der Waals surface area contributed by atoms with Crippen LogP contribution in [-0.4, -0.2) is 4.98 Å². The van der Waals surface area contributed by atoms with Gasteiger partial charge in [0.05, 0.1) is 12.0 Å². The monoisotopic (exact) mass is 158 g/mol. The lowest BCUT2D eigenvalue weighted by Crippen LogP contribution is -2.05. The fourth-order valence-corrected chi connectivity index (χ4v) is 1.54. The van der Waals surface area contributed by atoms with Crippen LogP contribution in [0.15, 0.2) is 24.4 Å². The van der Waals surface area contributed by atoms with Crippen LogP contribution in [0.25, 0.3) is 0 Å². The molecule has 0 spiro atoms. The molecule has 1 fully saturated rings. The molecule has 0 amide bonds. The molecule has 1 aromatic rings. The second-order valence-corrected chi connectivity index (χ2v) is 3.52. The van der Waals surface area contributed by atoms with Crippen LogP contribution >= 0.6 is 0 Å². The molecule has 2 heteroatoms. The zero-order valence-electron chi connectivity index (χ0n) is 6.99. The molecule has 2 unspecified atom stereocenters. The molecule has 0 aromatic carbocycles. The minimum absolute atomic E-state index is 0.0377. The van der Waals surface area contributed by atoms with Crippen molar-refractivity contribution in [2.24, 2.45) is 5.92 Å². The molecule has 1 saturated carbocycles. The van der Waals surface area contributed by atoms with Gasteiger partial charge in [-0.15, -0.1) is 0 Å². The Morgan fingerprint density at radius 2 is 2.50 bits per heavy atom. The number of hydrogen-bond acceptors (Lipinski definition) is 2. The summed E-state index contributed by atoms with van der Waals surface area (Å²) in [6, 6.07) is 8.16. The van der Waals surface area contributed by atoms with E-state index in [2.05, 4.69) is 18.0 Å². The number of hydrogen-bond donors (Lipinski definition) is 0. The predicted molar refractivity (Wildman–Crippen MR) is 45.3 cm³/mol. The first-order valence-electron chi connectivity index (χ1n) is 4.08. The van der Waals surface area contributed by atoms with Gasteiger partial charge in [-0.3, -0.25) is 4.98 Å². The number of aromatic nitrogens is 1. The van der Waals surface area contributed by atoms with Crippen molar-refractivity contribution >= 4 is 0 Å². The first-order chi connectivity index (χ1) is 5.77. The van der Waals surface area contributed by atoms with Gasteiger partial charge < -0.3 is 0 Å². The molecule has 0 radical (unpaired) electrons. The van der Waals surface area contributed by atoms with Crippen LogP contribution in [0.3, 0.4) is 0 Å². The van der Waals surface area contributed by atoms with Crippen LogP contribution < -0.4 is 0 Å². The summed E-state index contributed by atoms with van der Waals surface area (Å²) >= 11 is 0. The number of nitrogens with zero attached hydrogens (tertiary/aromatic N) is 2. The number of rotatable bonds is 1. The minimum Gasteiger partial charge on any atom is -0.261 e. The zero-order valence-corrected chi connectivity index (χ0v) is 6.99. The normalized spacial score (nSPS) is 32.5. The first kappa shape index (κ1) is 7.30. The molecule has 0 aliphatic heterocycles. The quantitative estimate of drug-likeness (QED) is 0.625. The summed E-state index contributed by atoms with van der Waals surface area (Å²) in [4.78, 5) is 4.26. The van der Waals surface area contributed by atoms with E-state index in [9.17, 15) is 0 Å². The van der Waals surface area contributed by atoms with E-state index in [4.69, 9.17) is 5.26 Å². The standard InChI is InChI=1S/C10H10N2/c1-10(6-8(10)7-11)9-4-2-3-5-12-9/h2-5,8H,6H2,1H3. The van der Waals surface area contributed by atoms with Gasteiger partial charge in [-0.1, -0.05) is 13.0 Å². The SMILES string of the molecule is CC1(c2ccccn2)CC1C#N. The summed E-state index contributed by atoms with van der Waals surface area (Å²) in [5.41, 5.74) is 1.09. The van der Waals surface area contributed by atoms with E-state index in [1.54, 1.807) is 6.20 Å². The maximum atomic E-state index is 8.73. The Bertz CT molecular complexity index is 325. The summed E-state index contributed by atoms with van der Waals surface area (Å²) < 4.78 is 0. The van der Waals surface area contributed by atoms with Crippen molar-refractivity contribution in [1.29, 1.82) is 5.26 Å². The van der Waals surface area contributed by atoms with Gasteiger partial charge in [-0.05, 0) is 18.6 Å². The number of pyridine rings is 1. The average Bonchev–Trinajstić information content (AvgIpc) is 2.81.